The lowest BCUT2D eigenvalue weighted by Gasteiger charge is -2.36. The Bertz CT molecular complexity index is 1790. The highest BCUT2D eigenvalue weighted by atomic mass is 35.5. The number of hydrogen-bond donors (Lipinski definition) is 4. The van der Waals surface area contributed by atoms with Crippen LogP contribution in [0.25, 0.3) is 11.4 Å². The standard InChI is InChI=1S/C33H40ClN9O4.C2HF3O2/c1-33(2,3)47-32(46)37-19-22-6-10-25(11-7-22)31(45)43(26-14-12-24(13-15-26)30-38-40-41-39-30)28(29(35)44)18-21-4-8-23(9-5-21)27-16-17-36-20-42(27)34;3-2(4,5)1(6)7/h4-5,8-9,12-17,20,22,25,27-28H,6-7,10-11,18-19H2,1-3H3,(H2,35,44)(H,37,46)(H,38,39,40,41);(H,6,7)/t22?,25?,27?,28-;/m0./s1. The second kappa shape index (κ2) is 18.0. The molecular formula is C35H41ClF3N9O6. The van der Waals surface area contributed by atoms with Crippen LogP contribution in [0.15, 0.2) is 65.8 Å². The third-order valence-corrected chi connectivity index (χ3v) is 8.84. The van der Waals surface area contributed by atoms with E-state index < -0.39 is 35.8 Å². The molecule has 3 aromatic rings. The van der Waals surface area contributed by atoms with Gasteiger partial charge in [-0.15, -0.1) is 10.2 Å². The predicted octanol–water partition coefficient (Wildman–Crippen LogP) is 5.31. The number of primary amides is 1. The lowest BCUT2D eigenvalue weighted by Crippen LogP contribution is -2.52. The van der Waals surface area contributed by atoms with E-state index >= 15 is 0 Å². The molecule has 1 aliphatic carbocycles. The molecule has 1 saturated carbocycles. The number of H-pyrrole nitrogens is 1. The normalized spacial score (nSPS) is 18.9. The minimum atomic E-state index is -5.08. The fourth-order valence-electron chi connectivity index (χ4n) is 5.90. The molecule has 1 aliphatic heterocycles. The lowest BCUT2D eigenvalue weighted by atomic mass is 9.81. The van der Waals surface area contributed by atoms with Crippen LogP contribution in [0.4, 0.5) is 23.7 Å². The van der Waals surface area contributed by atoms with Crippen LogP contribution in [0.1, 0.15) is 63.6 Å². The first-order valence-electron chi connectivity index (χ1n) is 16.9. The predicted molar refractivity (Wildman–Crippen MR) is 192 cm³/mol. The molecule has 5 rings (SSSR count). The summed E-state index contributed by atoms with van der Waals surface area (Å²) in [6, 6.07) is 13.7. The molecule has 5 N–H and O–H groups in total. The number of rotatable bonds is 10. The highest BCUT2D eigenvalue weighted by Gasteiger charge is 2.38. The molecule has 54 heavy (non-hydrogen) atoms. The van der Waals surface area contributed by atoms with E-state index in [1.165, 1.54) is 4.42 Å². The van der Waals surface area contributed by atoms with Gasteiger partial charge in [0.1, 0.15) is 18.0 Å². The minimum Gasteiger partial charge on any atom is -0.475 e. The van der Waals surface area contributed by atoms with Crippen molar-refractivity contribution in [1.82, 2.24) is 30.4 Å². The second-order valence-corrected chi connectivity index (χ2v) is 14.0. The number of halogens is 4. The number of alkyl carbamates (subject to hydrolysis) is 1. The molecule has 1 aromatic heterocycles. The lowest BCUT2D eigenvalue weighted by molar-refractivity contribution is -0.192. The van der Waals surface area contributed by atoms with Gasteiger partial charge >= 0.3 is 18.2 Å². The van der Waals surface area contributed by atoms with Gasteiger partial charge in [0.2, 0.25) is 17.6 Å². The number of carbonyl (C=O) groups excluding carboxylic acids is 3. The van der Waals surface area contributed by atoms with Crippen molar-refractivity contribution in [2.45, 2.75) is 76.7 Å². The summed E-state index contributed by atoms with van der Waals surface area (Å²) in [7, 11) is 0. The Labute approximate surface area is 313 Å². The van der Waals surface area contributed by atoms with Gasteiger partial charge in [-0.2, -0.15) is 18.4 Å². The molecule has 3 amide bonds. The molecule has 2 heterocycles. The highest BCUT2D eigenvalue weighted by Crippen LogP contribution is 2.33. The van der Waals surface area contributed by atoms with Crippen molar-refractivity contribution in [3.63, 3.8) is 0 Å². The second-order valence-electron chi connectivity index (χ2n) is 13.7. The van der Waals surface area contributed by atoms with Gasteiger partial charge in [0.25, 0.3) is 0 Å². The summed E-state index contributed by atoms with van der Waals surface area (Å²) < 4.78 is 38.6. The Hall–Kier alpha value is -5.52. The monoisotopic (exact) mass is 775 g/mol. The number of hydrogen-bond acceptors (Lipinski definition) is 10. The number of carboxylic acids is 1. The first kappa shape index (κ1) is 41.2. The number of alkyl halides is 3. The first-order chi connectivity index (χ1) is 25.4. The summed E-state index contributed by atoms with van der Waals surface area (Å²) in [6.07, 6.45) is 2.53. The van der Waals surface area contributed by atoms with Gasteiger partial charge in [0.15, 0.2) is 0 Å². The van der Waals surface area contributed by atoms with Crippen LogP contribution < -0.4 is 16.0 Å². The van der Waals surface area contributed by atoms with E-state index in [2.05, 4.69) is 30.9 Å². The molecule has 15 nitrogen and oxygen atoms in total. The first-order valence-corrected chi connectivity index (χ1v) is 17.2. The van der Waals surface area contributed by atoms with Crippen LogP contribution in [-0.4, -0.2) is 84.7 Å². The molecule has 0 saturated heterocycles. The molecule has 2 aliphatic rings. The van der Waals surface area contributed by atoms with Crippen LogP contribution in [0.2, 0.25) is 0 Å². The molecular weight excluding hydrogens is 735 g/mol. The summed E-state index contributed by atoms with van der Waals surface area (Å²) in [6.45, 7) is 5.94. The third-order valence-electron chi connectivity index (χ3n) is 8.55. The van der Waals surface area contributed by atoms with E-state index in [1.54, 1.807) is 41.7 Å². The van der Waals surface area contributed by atoms with Crippen molar-refractivity contribution < 1.29 is 42.2 Å². The maximum Gasteiger partial charge on any atom is 0.490 e. The van der Waals surface area contributed by atoms with Crippen molar-refractivity contribution in [3.8, 4) is 11.4 Å². The number of nitrogens with two attached hydrogens (primary N) is 1. The fourth-order valence-corrected chi connectivity index (χ4v) is 6.13. The SMILES string of the molecule is CC(C)(C)OC(=O)NCC1CCC(C(=O)N(c2ccc(-c3nn[nH]n3)cc2)[C@@H](Cc2ccc(C3C=CN=CN3Cl)cc2)C(N)=O)CC1.O=C(O)C(F)(F)F. The number of aliphatic imine (C=N–C) groups is 1. The van der Waals surface area contributed by atoms with Crippen LogP contribution in [0.3, 0.4) is 0 Å². The van der Waals surface area contributed by atoms with Gasteiger partial charge in [0, 0.05) is 48.1 Å². The van der Waals surface area contributed by atoms with Crippen LogP contribution >= 0.6 is 11.8 Å². The number of ether oxygens (including phenoxy) is 1. The van der Waals surface area contributed by atoms with Crippen molar-refractivity contribution in [3.05, 3.63) is 71.9 Å². The smallest absolute Gasteiger partial charge is 0.475 e. The number of aromatic amines is 1. The number of carboxylic acid groups (broad SMARTS) is 1. The quantitative estimate of drug-likeness (QED) is 0.195. The van der Waals surface area contributed by atoms with Gasteiger partial charge < -0.3 is 20.9 Å². The maximum atomic E-state index is 14.3. The molecule has 290 valence electrons. The fraction of sp³-hybridized carbons (Fsp3) is 0.429. The average molecular weight is 776 g/mol. The molecule has 2 atom stereocenters. The highest BCUT2D eigenvalue weighted by molar-refractivity contribution is 6.19. The molecule has 1 unspecified atom stereocenters. The summed E-state index contributed by atoms with van der Waals surface area (Å²) >= 11 is 6.30. The Morgan fingerprint density at radius 3 is 2.20 bits per heavy atom. The van der Waals surface area contributed by atoms with Crippen molar-refractivity contribution in [1.29, 1.82) is 0 Å². The van der Waals surface area contributed by atoms with Gasteiger partial charge in [0.05, 0.1) is 6.04 Å². The van der Waals surface area contributed by atoms with Crippen molar-refractivity contribution in [2.24, 2.45) is 22.6 Å². The Balaban J connectivity index is 0.000000845. The molecule has 0 radical (unpaired) electrons. The number of tetrazole rings is 1. The number of aromatic nitrogens is 4. The van der Waals surface area contributed by atoms with E-state index in [-0.39, 0.29) is 30.2 Å². The number of carbonyl (C=O) groups is 4. The van der Waals surface area contributed by atoms with Crippen LogP contribution in [0.5, 0.6) is 0 Å². The zero-order valence-corrected chi connectivity index (χ0v) is 30.4. The third kappa shape index (κ3) is 11.7. The van der Waals surface area contributed by atoms with Crippen molar-refractivity contribution >= 4 is 47.7 Å². The summed E-state index contributed by atoms with van der Waals surface area (Å²) in [5.41, 5.74) is 8.49. The maximum absolute atomic E-state index is 14.3. The van der Waals surface area contributed by atoms with Gasteiger partial charge in [-0.3, -0.25) is 18.9 Å². The van der Waals surface area contributed by atoms with Crippen LogP contribution in [0, 0.1) is 11.8 Å². The van der Waals surface area contributed by atoms with E-state index in [9.17, 15) is 27.6 Å². The Morgan fingerprint density at radius 1 is 1.06 bits per heavy atom. The number of benzene rings is 2. The average Bonchev–Trinajstić information content (AvgIpc) is 3.66. The largest absolute Gasteiger partial charge is 0.490 e. The number of nitrogens with one attached hydrogen (secondary N) is 2. The summed E-state index contributed by atoms with van der Waals surface area (Å²) in [4.78, 5) is 54.1. The van der Waals surface area contributed by atoms with Gasteiger partial charge in [-0.25, -0.2) is 14.6 Å². The Morgan fingerprint density at radius 2 is 1.69 bits per heavy atom. The van der Waals surface area contributed by atoms with E-state index in [0.29, 0.717) is 36.5 Å². The topological polar surface area (TPSA) is 209 Å². The zero-order valence-electron chi connectivity index (χ0n) is 29.7. The molecule has 1 fully saturated rings. The van der Waals surface area contributed by atoms with Gasteiger partial charge in [-0.05, 0) is 99.1 Å². The molecule has 19 heteroatoms. The number of amides is 3. The van der Waals surface area contributed by atoms with Crippen molar-refractivity contribution in [2.75, 3.05) is 11.4 Å². The molecule has 0 spiro atoms. The zero-order chi connectivity index (χ0) is 39.6. The van der Waals surface area contributed by atoms with E-state index in [4.69, 9.17) is 32.1 Å². The molecule has 0 bridgehead atoms. The molecule has 2 aromatic carbocycles. The number of nitrogens with zero attached hydrogens (tertiary/aromatic N) is 6. The van der Waals surface area contributed by atoms with Crippen LogP contribution in [-0.2, 0) is 25.5 Å². The Kier molecular flexibility index (Phi) is 13.7. The van der Waals surface area contributed by atoms with Gasteiger partial charge in [-0.1, -0.05) is 24.3 Å². The van der Waals surface area contributed by atoms with E-state index in [0.717, 1.165) is 24.0 Å². The summed E-state index contributed by atoms with van der Waals surface area (Å²) in [5, 5.41) is 24.1. The van der Waals surface area contributed by atoms with E-state index in [1.807, 2.05) is 51.1 Å². The number of aliphatic carboxylic acids is 1. The number of anilines is 1. The summed E-state index contributed by atoms with van der Waals surface area (Å²) in [5.74, 6) is -3.22. The minimum absolute atomic E-state index is 0.166.